The monoisotopic (exact) mass is 401 g/mol. The second kappa shape index (κ2) is 9.18. The quantitative estimate of drug-likeness (QED) is 0.582. The highest BCUT2D eigenvalue weighted by Gasteiger charge is 2.12. The maximum absolute atomic E-state index is 13.5. The van der Waals surface area contributed by atoms with Gasteiger partial charge in [0.05, 0.1) is 11.3 Å². The number of halogens is 2. The molecule has 144 valence electrons. The molecule has 0 saturated heterocycles. The average Bonchev–Trinajstić information content (AvgIpc) is 3.14. The zero-order valence-corrected chi connectivity index (χ0v) is 15.6. The van der Waals surface area contributed by atoms with Crippen LogP contribution in [-0.2, 0) is 4.79 Å². The number of thiazole rings is 1. The first-order chi connectivity index (χ1) is 13.5. The molecule has 3 aromatic rings. The van der Waals surface area contributed by atoms with Crippen LogP contribution >= 0.6 is 11.3 Å². The maximum Gasteiger partial charge on any atom is 0.254 e. The topological polar surface area (TPSA) is 71.1 Å². The van der Waals surface area contributed by atoms with Crippen LogP contribution in [0.3, 0.4) is 0 Å². The van der Waals surface area contributed by atoms with E-state index in [-0.39, 0.29) is 24.4 Å². The Morgan fingerprint density at radius 3 is 2.61 bits per heavy atom. The lowest BCUT2D eigenvalue weighted by Crippen LogP contribution is -2.26. The molecule has 2 aromatic carbocycles. The van der Waals surface area contributed by atoms with Gasteiger partial charge < -0.3 is 10.6 Å². The summed E-state index contributed by atoms with van der Waals surface area (Å²) in [5, 5.41) is 7.60. The number of anilines is 1. The number of carbonyl (C=O) groups excluding carboxylic acids is 2. The number of nitrogens with zero attached hydrogens (tertiary/aromatic N) is 1. The number of amides is 2. The molecule has 0 saturated carbocycles. The normalized spacial score (nSPS) is 10.5. The van der Waals surface area contributed by atoms with Gasteiger partial charge in [-0.1, -0.05) is 30.3 Å². The number of carbonyl (C=O) groups is 2. The summed E-state index contributed by atoms with van der Waals surface area (Å²) >= 11 is 1.33. The fourth-order valence-corrected chi connectivity index (χ4v) is 3.21. The van der Waals surface area contributed by atoms with Crippen LogP contribution < -0.4 is 10.6 Å². The molecule has 0 aliphatic carbocycles. The van der Waals surface area contributed by atoms with Gasteiger partial charge in [-0.2, -0.15) is 0 Å². The first-order valence-corrected chi connectivity index (χ1v) is 9.45. The van der Waals surface area contributed by atoms with Crippen LogP contribution in [0.2, 0.25) is 0 Å². The minimum Gasteiger partial charge on any atom is -0.352 e. The summed E-state index contributed by atoms with van der Waals surface area (Å²) in [4.78, 5) is 28.3. The minimum absolute atomic E-state index is 0.173. The van der Waals surface area contributed by atoms with E-state index in [1.807, 2.05) is 35.7 Å². The average molecular weight is 401 g/mol. The standard InChI is InChI=1S/C20H17F2N3O2S/c21-14-8-9-15(16(22)11-14)19(27)23-10-4-7-18(26)25-20-24-17(12-28-20)13-5-2-1-3-6-13/h1-3,5-6,8-9,11-12H,4,7,10H2,(H,23,27)(H,24,25,26). The zero-order chi connectivity index (χ0) is 19.9. The molecule has 8 heteroatoms. The highest BCUT2D eigenvalue weighted by molar-refractivity contribution is 7.14. The van der Waals surface area contributed by atoms with Crippen molar-refractivity contribution in [1.29, 1.82) is 0 Å². The molecule has 0 radical (unpaired) electrons. The van der Waals surface area contributed by atoms with E-state index in [4.69, 9.17) is 0 Å². The van der Waals surface area contributed by atoms with Crippen molar-refractivity contribution >= 4 is 28.3 Å². The number of nitrogens with one attached hydrogen (secondary N) is 2. The van der Waals surface area contributed by atoms with Gasteiger partial charge in [-0.25, -0.2) is 13.8 Å². The number of hydrogen-bond acceptors (Lipinski definition) is 4. The molecule has 0 aliphatic rings. The first-order valence-electron chi connectivity index (χ1n) is 8.57. The van der Waals surface area contributed by atoms with Gasteiger partial charge in [-0.05, 0) is 18.6 Å². The summed E-state index contributed by atoms with van der Waals surface area (Å²) < 4.78 is 26.4. The van der Waals surface area contributed by atoms with Gasteiger partial charge in [-0.15, -0.1) is 11.3 Å². The predicted octanol–water partition coefficient (Wildman–Crippen LogP) is 4.24. The smallest absolute Gasteiger partial charge is 0.254 e. The molecule has 2 N–H and O–H groups in total. The van der Waals surface area contributed by atoms with Gasteiger partial charge in [0.1, 0.15) is 11.6 Å². The van der Waals surface area contributed by atoms with Crippen molar-refractivity contribution < 1.29 is 18.4 Å². The molecule has 1 heterocycles. The third kappa shape index (κ3) is 5.20. The molecule has 0 aliphatic heterocycles. The van der Waals surface area contributed by atoms with Gasteiger partial charge in [0.25, 0.3) is 5.91 Å². The Bertz CT molecular complexity index is 977. The van der Waals surface area contributed by atoms with E-state index in [2.05, 4.69) is 15.6 Å². The van der Waals surface area contributed by atoms with Crippen molar-refractivity contribution in [3.63, 3.8) is 0 Å². The van der Waals surface area contributed by atoms with Crippen LogP contribution in [-0.4, -0.2) is 23.3 Å². The lowest BCUT2D eigenvalue weighted by atomic mass is 10.2. The Labute approximate surface area is 164 Å². The largest absolute Gasteiger partial charge is 0.352 e. The van der Waals surface area contributed by atoms with E-state index in [9.17, 15) is 18.4 Å². The van der Waals surface area contributed by atoms with Crippen LogP contribution in [0.15, 0.2) is 53.9 Å². The Hall–Kier alpha value is -3.13. The highest BCUT2D eigenvalue weighted by Crippen LogP contribution is 2.24. The van der Waals surface area contributed by atoms with Crippen molar-refractivity contribution in [2.24, 2.45) is 0 Å². The number of hydrogen-bond donors (Lipinski definition) is 2. The molecule has 1 aromatic heterocycles. The number of aromatic nitrogens is 1. The summed E-state index contributed by atoms with van der Waals surface area (Å²) in [7, 11) is 0. The maximum atomic E-state index is 13.5. The van der Waals surface area contributed by atoms with E-state index < -0.39 is 17.5 Å². The van der Waals surface area contributed by atoms with Crippen LogP contribution in [0.5, 0.6) is 0 Å². The molecule has 2 amide bonds. The molecular weight excluding hydrogens is 384 g/mol. The fourth-order valence-electron chi connectivity index (χ4n) is 2.47. The number of rotatable bonds is 7. The summed E-state index contributed by atoms with van der Waals surface area (Å²) in [6.45, 7) is 0.191. The zero-order valence-electron chi connectivity index (χ0n) is 14.7. The summed E-state index contributed by atoms with van der Waals surface area (Å²) in [5.74, 6) is -2.54. The molecular formula is C20H17F2N3O2S. The van der Waals surface area contributed by atoms with E-state index in [1.165, 1.54) is 11.3 Å². The van der Waals surface area contributed by atoms with Crippen molar-refractivity contribution in [2.75, 3.05) is 11.9 Å². The summed E-state index contributed by atoms with van der Waals surface area (Å²) in [5.41, 5.74) is 1.52. The predicted molar refractivity (Wildman–Crippen MR) is 104 cm³/mol. The summed E-state index contributed by atoms with van der Waals surface area (Å²) in [6.07, 6.45) is 0.545. The van der Waals surface area contributed by atoms with E-state index >= 15 is 0 Å². The Balaban J connectivity index is 1.42. The fraction of sp³-hybridized carbons (Fsp3) is 0.150. The Morgan fingerprint density at radius 1 is 1.07 bits per heavy atom. The highest BCUT2D eigenvalue weighted by atomic mass is 32.1. The molecule has 0 spiro atoms. The van der Waals surface area contributed by atoms with Crippen LogP contribution in [0.4, 0.5) is 13.9 Å². The number of benzene rings is 2. The van der Waals surface area contributed by atoms with Gasteiger partial charge in [0.15, 0.2) is 5.13 Å². The first kappa shape index (κ1) is 19.6. The van der Waals surface area contributed by atoms with Gasteiger partial charge in [0, 0.05) is 30.0 Å². The van der Waals surface area contributed by atoms with Gasteiger partial charge in [-0.3, -0.25) is 9.59 Å². The van der Waals surface area contributed by atoms with E-state index in [0.29, 0.717) is 17.6 Å². The molecule has 0 atom stereocenters. The Morgan fingerprint density at radius 2 is 1.86 bits per heavy atom. The van der Waals surface area contributed by atoms with Gasteiger partial charge >= 0.3 is 0 Å². The van der Waals surface area contributed by atoms with E-state index in [1.54, 1.807) is 0 Å². The second-order valence-electron chi connectivity index (χ2n) is 5.94. The third-order valence-corrected chi connectivity index (χ3v) is 4.62. The third-order valence-electron chi connectivity index (χ3n) is 3.86. The molecule has 3 rings (SSSR count). The van der Waals surface area contributed by atoms with Crippen LogP contribution in [0.25, 0.3) is 11.3 Å². The molecule has 0 bridgehead atoms. The lowest BCUT2D eigenvalue weighted by Gasteiger charge is -2.06. The van der Waals surface area contributed by atoms with Crippen molar-refractivity contribution in [2.45, 2.75) is 12.8 Å². The van der Waals surface area contributed by atoms with Gasteiger partial charge in [0.2, 0.25) is 5.91 Å². The van der Waals surface area contributed by atoms with Crippen molar-refractivity contribution in [3.05, 3.63) is 71.1 Å². The SMILES string of the molecule is O=C(CCCNC(=O)c1ccc(F)cc1F)Nc1nc(-c2ccccc2)cs1. The second-order valence-corrected chi connectivity index (χ2v) is 6.79. The minimum atomic E-state index is -0.923. The van der Waals surface area contributed by atoms with Crippen LogP contribution in [0, 0.1) is 11.6 Å². The Kier molecular flexibility index (Phi) is 6.44. The van der Waals surface area contributed by atoms with Crippen LogP contribution in [0.1, 0.15) is 23.2 Å². The molecule has 0 unspecified atom stereocenters. The molecule has 0 fully saturated rings. The van der Waals surface area contributed by atoms with Crippen molar-refractivity contribution in [3.8, 4) is 11.3 Å². The van der Waals surface area contributed by atoms with Crippen molar-refractivity contribution in [1.82, 2.24) is 10.3 Å². The molecule has 28 heavy (non-hydrogen) atoms. The molecule has 5 nitrogen and oxygen atoms in total. The summed E-state index contributed by atoms with van der Waals surface area (Å²) in [6, 6.07) is 12.4. The van der Waals surface area contributed by atoms with E-state index in [0.717, 1.165) is 23.4 Å². The lowest BCUT2D eigenvalue weighted by molar-refractivity contribution is -0.116.